The zero-order valence-corrected chi connectivity index (χ0v) is 28.4. The van der Waals surface area contributed by atoms with Crippen LogP contribution in [0.2, 0.25) is 0 Å². The van der Waals surface area contributed by atoms with E-state index in [0.29, 0.717) is 25.9 Å². The lowest BCUT2D eigenvalue weighted by atomic mass is 9.83. The first-order valence-electron chi connectivity index (χ1n) is 16.9. The number of urea groups is 1. The smallest absolute Gasteiger partial charge is 0.315 e. The molecule has 4 aromatic carbocycles. The highest BCUT2D eigenvalue weighted by atomic mass is 16.3. The van der Waals surface area contributed by atoms with Crippen LogP contribution in [0.15, 0.2) is 84.9 Å². The Morgan fingerprint density at radius 1 is 0.959 bits per heavy atom. The number of carbonyl (C=O) groups is 3. The Kier molecular flexibility index (Phi) is 11.7. The van der Waals surface area contributed by atoms with E-state index in [4.69, 9.17) is 5.11 Å². The highest BCUT2D eigenvalue weighted by molar-refractivity contribution is 6.02. The van der Waals surface area contributed by atoms with Gasteiger partial charge in [-0.1, -0.05) is 78.9 Å². The second-order valence-corrected chi connectivity index (χ2v) is 13.3. The van der Waals surface area contributed by atoms with Crippen molar-refractivity contribution in [1.29, 1.82) is 0 Å². The average Bonchev–Trinajstić information content (AvgIpc) is 3.22. The van der Waals surface area contributed by atoms with Gasteiger partial charge >= 0.3 is 6.03 Å². The van der Waals surface area contributed by atoms with Gasteiger partial charge in [0.15, 0.2) is 0 Å². The zero-order chi connectivity index (χ0) is 35.0. The van der Waals surface area contributed by atoms with Crippen LogP contribution < -0.4 is 26.6 Å². The molecule has 10 heteroatoms. The number of fused-ring (bicyclic) bond motifs is 3. The molecular weight excluding hydrogens is 618 g/mol. The molecule has 0 radical (unpaired) electrons. The minimum Gasteiger partial charge on any atom is -0.394 e. The normalized spacial score (nSPS) is 16.6. The van der Waals surface area contributed by atoms with Crippen LogP contribution in [-0.4, -0.2) is 65.4 Å². The van der Waals surface area contributed by atoms with Crippen molar-refractivity contribution in [1.82, 2.24) is 21.3 Å². The zero-order valence-electron chi connectivity index (χ0n) is 28.4. The van der Waals surface area contributed by atoms with E-state index in [-0.39, 0.29) is 43.3 Å². The molecule has 0 aromatic heterocycles. The van der Waals surface area contributed by atoms with Gasteiger partial charge in [-0.25, -0.2) is 4.79 Å². The third-order valence-corrected chi connectivity index (χ3v) is 8.98. The molecule has 0 fully saturated rings. The number of benzene rings is 4. The van der Waals surface area contributed by atoms with E-state index in [9.17, 15) is 19.5 Å². The van der Waals surface area contributed by atoms with Crippen molar-refractivity contribution in [3.8, 4) is 11.1 Å². The number of aliphatic hydroxyl groups excluding tert-OH is 2. The number of carbonyl (C=O) groups excluding carboxylic acids is 3. The Morgan fingerprint density at radius 3 is 2.45 bits per heavy atom. The lowest BCUT2D eigenvalue weighted by Crippen LogP contribution is -2.50. The Balaban J connectivity index is 1.38. The minimum atomic E-state index is -0.927. The lowest BCUT2D eigenvalue weighted by Gasteiger charge is -2.28. The summed E-state index contributed by atoms with van der Waals surface area (Å²) in [5.41, 5.74) is 5.31. The second kappa shape index (κ2) is 16.1. The largest absolute Gasteiger partial charge is 0.394 e. The highest BCUT2D eigenvalue weighted by Crippen LogP contribution is 2.39. The number of amides is 4. The van der Waals surface area contributed by atoms with Crippen molar-refractivity contribution in [2.75, 3.05) is 25.0 Å². The van der Waals surface area contributed by atoms with Crippen LogP contribution in [0.25, 0.3) is 21.9 Å². The number of rotatable bonds is 13. The molecule has 7 N–H and O–H groups in total. The molecule has 49 heavy (non-hydrogen) atoms. The number of hydrogen-bond acceptors (Lipinski definition) is 6. The van der Waals surface area contributed by atoms with Crippen LogP contribution in [0.4, 0.5) is 10.5 Å². The number of hydrogen-bond donors (Lipinski definition) is 7. The monoisotopic (exact) mass is 665 g/mol. The SMILES string of the molecule is CCNC(=O)NCc1ccccc1-c1ccc(CC2C[C@@H](NC(=O)CC(C)(C)NC[C@H](O)CO)C(=O)Nc3ccc4ccccc4c32)cc1. The first-order chi connectivity index (χ1) is 23.6. The van der Waals surface area contributed by atoms with Gasteiger partial charge < -0.3 is 36.8 Å². The van der Waals surface area contributed by atoms with Gasteiger partial charge in [-0.3, -0.25) is 9.59 Å². The van der Waals surface area contributed by atoms with Gasteiger partial charge in [0.25, 0.3) is 0 Å². The molecule has 0 saturated carbocycles. The average molecular weight is 666 g/mol. The maximum Gasteiger partial charge on any atom is 0.315 e. The van der Waals surface area contributed by atoms with Crippen LogP contribution in [0.3, 0.4) is 0 Å². The van der Waals surface area contributed by atoms with Gasteiger partial charge in [0.2, 0.25) is 11.8 Å². The molecule has 0 saturated heterocycles. The van der Waals surface area contributed by atoms with Gasteiger partial charge in [0, 0.05) is 37.3 Å². The Labute approximate surface area is 287 Å². The molecule has 0 aliphatic carbocycles. The lowest BCUT2D eigenvalue weighted by molar-refractivity contribution is -0.127. The third-order valence-electron chi connectivity index (χ3n) is 8.98. The molecule has 258 valence electrons. The highest BCUT2D eigenvalue weighted by Gasteiger charge is 2.33. The van der Waals surface area contributed by atoms with Crippen LogP contribution in [0.1, 0.15) is 56.2 Å². The van der Waals surface area contributed by atoms with Crippen molar-refractivity contribution >= 4 is 34.3 Å². The number of nitrogens with one attached hydrogen (secondary N) is 5. The summed E-state index contributed by atoms with van der Waals surface area (Å²) in [6.45, 7) is 6.30. The molecule has 1 aliphatic rings. The van der Waals surface area contributed by atoms with Crippen molar-refractivity contribution in [2.24, 2.45) is 0 Å². The summed E-state index contributed by atoms with van der Waals surface area (Å²) in [5.74, 6) is -0.631. The van der Waals surface area contributed by atoms with Crippen molar-refractivity contribution < 1.29 is 24.6 Å². The molecule has 10 nitrogen and oxygen atoms in total. The maximum absolute atomic E-state index is 13.6. The fourth-order valence-corrected chi connectivity index (χ4v) is 6.51. The summed E-state index contributed by atoms with van der Waals surface area (Å²) in [5, 5.41) is 35.9. The van der Waals surface area contributed by atoms with Gasteiger partial charge in [0.1, 0.15) is 6.04 Å². The number of aliphatic hydroxyl groups is 2. The summed E-state index contributed by atoms with van der Waals surface area (Å²) in [4.78, 5) is 38.9. The van der Waals surface area contributed by atoms with Crippen molar-refractivity contribution in [3.63, 3.8) is 0 Å². The quantitative estimate of drug-likeness (QED) is 0.111. The Bertz CT molecular complexity index is 1770. The summed E-state index contributed by atoms with van der Waals surface area (Å²) in [6.07, 6.45) is 0.210. The molecule has 4 amide bonds. The van der Waals surface area contributed by atoms with E-state index >= 15 is 0 Å². The van der Waals surface area contributed by atoms with Crippen LogP contribution in [0, 0.1) is 0 Å². The van der Waals surface area contributed by atoms with Gasteiger partial charge in [-0.2, -0.15) is 0 Å². The van der Waals surface area contributed by atoms with E-state index in [2.05, 4.69) is 63.0 Å². The molecule has 1 heterocycles. The molecule has 1 aliphatic heterocycles. The predicted molar refractivity (Wildman–Crippen MR) is 193 cm³/mol. The van der Waals surface area contributed by atoms with Crippen LogP contribution in [0.5, 0.6) is 0 Å². The molecule has 1 unspecified atom stereocenters. The van der Waals surface area contributed by atoms with E-state index in [0.717, 1.165) is 44.3 Å². The standard InChI is InChI=1S/C39H47N5O5/c1-4-40-38(49)41-22-28-10-6-7-11-31(28)27-15-13-25(14-16-27)19-29-20-34(43-35(47)21-39(2,3)42-23-30(46)24-45)37(48)44-33-18-17-26-9-5-8-12-32(26)36(29)33/h5-18,29-30,34,42,45-46H,4,19-24H2,1-3H3,(H,43,47)(H,44,48)(H2,40,41,49)/t29?,30-,34+/m0/s1. The fourth-order valence-electron chi connectivity index (χ4n) is 6.51. The molecule has 3 atom stereocenters. The van der Waals surface area contributed by atoms with Crippen molar-refractivity contribution in [3.05, 3.63) is 102 Å². The topological polar surface area (TPSA) is 152 Å². The van der Waals surface area contributed by atoms with E-state index < -0.39 is 17.7 Å². The molecular formula is C39H47N5O5. The molecule has 4 aromatic rings. The summed E-state index contributed by atoms with van der Waals surface area (Å²) in [6, 6.07) is 27.5. The summed E-state index contributed by atoms with van der Waals surface area (Å²) in [7, 11) is 0. The maximum atomic E-state index is 13.6. The van der Waals surface area contributed by atoms with Crippen LogP contribution in [-0.2, 0) is 22.6 Å². The minimum absolute atomic E-state index is 0.0806. The second-order valence-electron chi connectivity index (χ2n) is 13.3. The van der Waals surface area contributed by atoms with Gasteiger partial charge in [-0.15, -0.1) is 0 Å². The summed E-state index contributed by atoms with van der Waals surface area (Å²) < 4.78 is 0. The summed E-state index contributed by atoms with van der Waals surface area (Å²) >= 11 is 0. The first kappa shape index (κ1) is 35.5. The van der Waals surface area contributed by atoms with E-state index in [1.807, 2.05) is 69.3 Å². The first-order valence-corrected chi connectivity index (χ1v) is 16.9. The molecule has 0 bridgehead atoms. The van der Waals surface area contributed by atoms with Gasteiger partial charge in [-0.05, 0) is 84.2 Å². The van der Waals surface area contributed by atoms with Crippen molar-refractivity contribution in [2.45, 2.75) is 70.2 Å². The van der Waals surface area contributed by atoms with E-state index in [1.165, 1.54) is 0 Å². The molecule has 0 spiro atoms. The fraction of sp³-hybridized carbons (Fsp3) is 0.359. The Hall–Kier alpha value is -4.77. The molecule has 5 rings (SSSR count). The van der Waals surface area contributed by atoms with E-state index in [1.54, 1.807) is 0 Å². The van der Waals surface area contributed by atoms with Crippen LogP contribution >= 0.6 is 0 Å². The van der Waals surface area contributed by atoms with Gasteiger partial charge in [0.05, 0.1) is 12.7 Å². The predicted octanol–water partition coefficient (Wildman–Crippen LogP) is 4.59. The number of β-amino-alcohol motifs (C(OH)–C–C–N with tert-alkyl or cyclic N) is 1. The third kappa shape index (κ3) is 9.23. The number of anilines is 1. The Morgan fingerprint density at radius 2 is 1.69 bits per heavy atom.